The van der Waals surface area contributed by atoms with Crippen LogP contribution < -0.4 is 14.8 Å². The van der Waals surface area contributed by atoms with Gasteiger partial charge in [0.15, 0.2) is 11.5 Å². The fourth-order valence-electron chi connectivity index (χ4n) is 2.62. The second-order valence-electron chi connectivity index (χ2n) is 5.16. The second kappa shape index (κ2) is 7.12. The normalized spacial score (nSPS) is 17.5. The van der Waals surface area contributed by atoms with E-state index in [2.05, 4.69) is 21.2 Å². The Morgan fingerprint density at radius 3 is 2.46 bits per heavy atom. The molecule has 0 saturated carbocycles. The molecular weight excluding hydrogens is 380 g/mol. The minimum absolute atomic E-state index is 0.328. The second-order valence-corrected chi connectivity index (χ2v) is 6.08. The maximum Gasteiger partial charge on any atom is 0.337 e. The summed E-state index contributed by atoms with van der Waals surface area (Å²) in [5.41, 5.74) is 1.43. The molecule has 0 unspecified atom stereocenters. The molecule has 0 bridgehead atoms. The molecule has 0 aromatic heterocycles. The number of methoxy groups -OCH3 is 3. The largest absolute Gasteiger partial charge is 0.493 e. The van der Waals surface area contributed by atoms with Crippen molar-refractivity contribution in [2.45, 2.75) is 13.0 Å². The first-order valence-electron chi connectivity index (χ1n) is 7.10. The maximum atomic E-state index is 12.3. The van der Waals surface area contributed by atoms with Gasteiger partial charge in [0.2, 0.25) is 0 Å². The molecule has 0 fully saturated rings. The molecule has 1 aliphatic rings. The number of nitrogens with one attached hydrogen (secondary N) is 1. The molecule has 0 spiro atoms. The number of allylic oxidation sites excluding steroid dienone is 1. The van der Waals surface area contributed by atoms with Crippen LogP contribution in [0.25, 0.3) is 0 Å². The SMILES string of the molecule is COC(=O)C1=C(C)N(C)C(=O)N[C@@H]1c1cc(Br)cc(OC)c1OC. The van der Waals surface area contributed by atoms with Crippen molar-refractivity contribution >= 4 is 27.9 Å². The van der Waals surface area contributed by atoms with E-state index >= 15 is 0 Å². The van der Waals surface area contributed by atoms with E-state index in [-0.39, 0.29) is 6.03 Å². The van der Waals surface area contributed by atoms with E-state index in [4.69, 9.17) is 14.2 Å². The quantitative estimate of drug-likeness (QED) is 0.788. The van der Waals surface area contributed by atoms with Crippen LogP contribution in [0.15, 0.2) is 27.9 Å². The van der Waals surface area contributed by atoms with Crippen LogP contribution in [0.5, 0.6) is 11.5 Å². The van der Waals surface area contributed by atoms with Gasteiger partial charge in [-0.05, 0) is 19.1 Å². The molecule has 0 radical (unpaired) electrons. The van der Waals surface area contributed by atoms with Gasteiger partial charge in [-0.15, -0.1) is 0 Å². The number of urea groups is 1. The van der Waals surface area contributed by atoms with Crippen molar-refractivity contribution < 1.29 is 23.8 Å². The summed E-state index contributed by atoms with van der Waals surface area (Å²) in [7, 11) is 5.90. The Labute approximate surface area is 148 Å². The van der Waals surface area contributed by atoms with Crippen molar-refractivity contribution in [1.82, 2.24) is 10.2 Å². The molecule has 0 saturated heterocycles. The number of carbonyl (C=O) groups is 2. The number of rotatable bonds is 4. The van der Waals surface area contributed by atoms with E-state index in [9.17, 15) is 9.59 Å². The summed E-state index contributed by atoms with van der Waals surface area (Å²) in [5, 5.41) is 2.80. The molecule has 0 aliphatic carbocycles. The summed E-state index contributed by atoms with van der Waals surface area (Å²) in [4.78, 5) is 25.9. The van der Waals surface area contributed by atoms with Crippen molar-refractivity contribution in [3.05, 3.63) is 33.4 Å². The van der Waals surface area contributed by atoms with Gasteiger partial charge in [0.1, 0.15) is 0 Å². The van der Waals surface area contributed by atoms with Gasteiger partial charge in [-0.1, -0.05) is 15.9 Å². The van der Waals surface area contributed by atoms with Crippen LogP contribution in [0.3, 0.4) is 0 Å². The average Bonchev–Trinajstić information content (AvgIpc) is 2.57. The Morgan fingerprint density at radius 1 is 1.25 bits per heavy atom. The van der Waals surface area contributed by atoms with Crippen LogP contribution in [0.4, 0.5) is 4.79 Å². The van der Waals surface area contributed by atoms with Gasteiger partial charge in [-0.2, -0.15) is 0 Å². The molecule has 130 valence electrons. The Kier molecular flexibility index (Phi) is 5.38. The van der Waals surface area contributed by atoms with E-state index in [1.165, 1.54) is 26.2 Å². The molecule has 1 heterocycles. The fraction of sp³-hybridized carbons (Fsp3) is 0.375. The highest BCUT2D eigenvalue weighted by Crippen LogP contribution is 2.42. The molecule has 1 aromatic carbocycles. The van der Waals surface area contributed by atoms with Crippen molar-refractivity contribution in [2.24, 2.45) is 0 Å². The van der Waals surface area contributed by atoms with E-state index in [1.54, 1.807) is 26.1 Å². The predicted octanol–water partition coefficient (Wildman–Crippen LogP) is 2.61. The number of hydrogen-bond acceptors (Lipinski definition) is 5. The zero-order valence-electron chi connectivity index (χ0n) is 14.1. The van der Waals surface area contributed by atoms with Crippen LogP contribution in [0, 0.1) is 0 Å². The minimum Gasteiger partial charge on any atom is -0.493 e. The zero-order valence-corrected chi connectivity index (χ0v) is 15.7. The standard InChI is InChI=1S/C16H19BrN2O5/c1-8-12(15(20)24-5)13(18-16(21)19(8)2)10-6-9(17)7-11(22-3)14(10)23-4/h6-7,13H,1-5H3,(H,18,21)/t13-/m1/s1. The Balaban J connectivity index is 2.71. The molecule has 1 aromatic rings. The van der Waals surface area contributed by atoms with E-state index in [1.807, 2.05) is 0 Å². The van der Waals surface area contributed by atoms with Crippen LogP contribution in [-0.4, -0.2) is 45.3 Å². The fourth-order valence-corrected chi connectivity index (χ4v) is 3.07. The molecule has 24 heavy (non-hydrogen) atoms. The van der Waals surface area contributed by atoms with Gasteiger partial charge in [0.25, 0.3) is 0 Å². The van der Waals surface area contributed by atoms with Crippen molar-refractivity contribution in [3.8, 4) is 11.5 Å². The molecule has 1 aliphatic heterocycles. The number of nitrogens with zero attached hydrogens (tertiary/aromatic N) is 1. The van der Waals surface area contributed by atoms with Gasteiger partial charge < -0.3 is 24.4 Å². The minimum atomic E-state index is -0.720. The molecule has 2 amide bonds. The summed E-state index contributed by atoms with van der Waals surface area (Å²) in [5.74, 6) is 0.395. The first-order chi connectivity index (χ1) is 11.3. The maximum absolute atomic E-state index is 12.3. The first kappa shape index (κ1) is 18.1. The Bertz CT molecular complexity index is 717. The van der Waals surface area contributed by atoms with Crippen LogP contribution >= 0.6 is 15.9 Å². The smallest absolute Gasteiger partial charge is 0.337 e. The number of benzene rings is 1. The van der Waals surface area contributed by atoms with E-state index in [0.29, 0.717) is 28.3 Å². The lowest BCUT2D eigenvalue weighted by Crippen LogP contribution is -2.46. The topological polar surface area (TPSA) is 77.1 Å². The van der Waals surface area contributed by atoms with E-state index < -0.39 is 12.0 Å². The van der Waals surface area contributed by atoms with Gasteiger partial charge in [-0.25, -0.2) is 9.59 Å². The zero-order chi connectivity index (χ0) is 18.0. The summed E-state index contributed by atoms with van der Waals surface area (Å²) < 4.78 is 16.4. The summed E-state index contributed by atoms with van der Waals surface area (Å²) >= 11 is 3.41. The molecule has 1 atom stereocenters. The highest BCUT2D eigenvalue weighted by Gasteiger charge is 2.37. The van der Waals surface area contributed by atoms with Crippen LogP contribution in [0.1, 0.15) is 18.5 Å². The molecule has 1 N–H and O–H groups in total. The van der Waals surface area contributed by atoms with Crippen molar-refractivity contribution in [2.75, 3.05) is 28.4 Å². The third kappa shape index (κ3) is 3.06. The van der Waals surface area contributed by atoms with Crippen LogP contribution in [0.2, 0.25) is 0 Å². The van der Waals surface area contributed by atoms with Crippen molar-refractivity contribution in [1.29, 1.82) is 0 Å². The monoisotopic (exact) mass is 398 g/mol. The van der Waals surface area contributed by atoms with Gasteiger partial charge in [0.05, 0.1) is 32.9 Å². The Morgan fingerprint density at radius 2 is 1.92 bits per heavy atom. The predicted molar refractivity (Wildman–Crippen MR) is 91.0 cm³/mol. The summed E-state index contributed by atoms with van der Waals surface area (Å²) in [6, 6.07) is 2.47. The molecule has 7 nitrogen and oxygen atoms in total. The summed E-state index contributed by atoms with van der Waals surface area (Å²) in [6.45, 7) is 1.69. The van der Waals surface area contributed by atoms with Gasteiger partial charge in [0, 0.05) is 22.8 Å². The number of carbonyl (C=O) groups excluding carboxylic acids is 2. The van der Waals surface area contributed by atoms with Gasteiger partial charge in [-0.3, -0.25) is 0 Å². The van der Waals surface area contributed by atoms with Crippen molar-refractivity contribution in [3.63, 3.8) is 0 Å². The third-order valence-electron chi connectivity index (χ3n) is 3.94. The molecule has 8 heteroatoms. The Hall–Kier alpha value is -2.22. The molecule has 2 rings (SSSR count). The highest BCUT2D eigenvalue weighted by molar-refractivity contribution is 9.10. The number of hydrogen-bond donors (Lipinski definition) is 1. The third-order valence-corrected chi connectivity index (χ3v) is 4.40. The lowest BCUT2D eigenvalue weighted by molar-refractivity contribution is -0.136. The highest BCUT2D eigenvalue weighted by atomic mass is 79.9. The molecular formula is C16H19BrN2O5. The number of esters is 1. The lowest BCUT2D eigenvalue weighted by Gasteiger charge is -2.33. The number of ether oxygens (including phenoxy) is 3. The van der Waals surface area contributed by atoms with Gasteiger partial charge >= 0.3 is 12.0 Å². The lowest BCUT2D eigenvalue weighted by atomic mass is 9.94. The first-order valence-corrected chi connectivity index (χ1v) is 7.89. The number of halogens is 1. The average molecular weight is 399 g/mol. The van der Waals surface area contributed by atoms with E-state index in [0.717, 1.165) is 4.47 Å². The van der Waals surface area contributed by atoms with Crippen LogP contribution in [-0.2, 0) is 9.53 Å². The number of amides is 2. The summed E-state index contributed by atoms with van der Waals surface area (Å²) in [6.07, 6.45) is 0.